The van der Waals surface area contributed by atoms with E-state index in [0.29, 0.717) is 13.1 Å². The van der Waals surface area contributed by atoms with Crippen LogP contribution in [0.2, 0.25) is 0 Å². The Morgan fingerprint density at radius 2 is 1.04 bits per heavy atom. The molecule has 0 saturated heterocycles. The third kappa shape index (κ3) is 4.47. The van der Waals surface area contributed by atoms with Gasteiger partial charge in [-0.15, -0.1) is 0 Å². The predicted molar refractivity (Wildman–Crippen MR) is 97.3 cm³/mol. The Morgan fingerprint density at radius 1 is 0.750 bits per heavy atom. The number of hydrogen-bond donors (Lipinski definition) is 2. The second-order valence-corrected chi connectivity index (χ2v) is 7.40. The first-order valence-corrected chi connectivity index (χ1v) is 8.88. The van der Waals surface area contributed by atoms with E-state index in [2.05, 4.69) is 84.2 Å². The summed E-state index contributed by atoms with van der Waals surface area (Å²) in [6.07, 6.45) is 0. The molecule has 2 unspecified atom stereocenters. The number of nitrogens with zero attached hydrogens (tertiary/aromatic N) is 1. The minimum atomic E-state index is -0.0456. The molecule has 0 radical (unpaired) electrons. The summed E-state index contributed by atoms with van der Waals surface area (Å²) >= 11 is 3.65. The molecule has 0 aliphatic carbocycles. The van der Waals surface area contributed by atoms with E-state index < -0.39 is 0 Å². The molecule has 4 N–H and O–H groups in total. The van der Waals surface area contributed by atoms with Gasteiger partial charge in [0.2, 0.25) is 0 Å². The second kappa shape index (κ2) is 8.28. The summed E-state index contributed by atoms with van der Waals surface area (Å²) in [5.41, 5.74) is 20.3. The van der Waals surface area contributed by atoms with E-state index in [1.807, 2.05) is 0 Å². The maximum atomic E-state index is 6.46. The van der Waals surface area contributed by atoms with Crippen molar-refractivity contribution in [3.63, 3.8) is 0 Å². The van der Waals surface area contributed by atoms with Crippen molar-refractivity contribution in [2.45, 2.75) is 39.8 Å². The van der Waals surface area contributed by atoms with Crippen LogP contribution in [-0.2, 0) is 16.2 Å². The van der Waals surface area contributed by atoms with Crippen molar-refractivity contribution >= 4 is 0 Å². The molecule has 0 saturated carbocycles. The van der Waals surface area contributed by atoms with E-state index >= 15 is 0 Å². The van der Waals surface area contributed by atoms with Gasteiger partial charge in [0.1, 0.15) is 0 Å². The molecule has 0 aliphatic rings. The molecule has 3 nitrogen and oxygen atoms in total. The van der Waals surface area contributed by atoms with Crippen LogP contribution >= 0.6 is 0 Å². The van der Waals surface area contributed by atoms with Gasteiger partial charge >= 0.3 is 154 Å². The Balaban J connectivity index is 2.06. The molecule has 130 valence electrons. The molecule has 0 aliphatic heterocycles. The van der Waals surface area contributed by atoms with E-state index in [0.717, 1.165) is 0 Å². The van der Waals surface area contributed by atoms with E-state index in [1.165, 1.54) is 33.4 Å². The zero-order valence-electron chi connectivity index (χ0n) is 15.0. The third-order valence-electron chi connectivity index (χ3n) is 4.62. The molecule has 0 aromatic heterocycles. The summed E-state index contributed by atoms with van der Waals surface area (Å²) in [6.45, 7) is 9.88. The molecule has 2 atom stereocenters. The van der Waals surface area contributed by atoms with Gasteiger partial charge in [-0.2, -0.15) is 0 Å². The summed E-state index contributed by atoms with van der Waals surface area (Å²) in [4.78, 5) is 0. The monoisotopic (exact) mass is 365 g/mol. The van der Waals surface area contributed by atoms with Crippen molar-refractivity contribution in [3.05, 3.63) is 69.8 Å². The van der Waals surface area contributed by atoms with Crippen molar-refractivity contribution < 1.29 is 16.2 Å². The Bertz CT molecular complexity index is 599. The topological polar surface area (TPSA) is 55.3 Å². The Hall–Kier alpha value is -1.16. The average Bonchev–Trinajstić information content (AvgIpc) is 2.46. The van der Waals surface area contributed by atoms with Gasteiger partial charge in [-0.1, -0.05) is 0 Å². The van der Waals surface area contributed by atoms with Crippen molar-refractivity contribution in [3.8, 4) is 0 Å². The molecule has 0 spiro atoms. The van der Waals surface area contributed by atoms with Crippen LogP contribution in [0.25, 0.3) is 0 Å². The van der Waals surface area contributed by atoms with Crippen molar-refractivity contribution in [2.24, 2.45) is 11.5 Å². The quantitative estimate of drug-likeness (QED) is 0.772. The number of rotatable bonds is 6. The van der Waals surface area contributed by atoms with Gasteiger partial charge in [-0.05, 0) is 0 Å². The van der Waals surface area contributed by atoms with Gasteiger partial charge in [0.05, 0.1) is 0 Å². The zero-order chi connectivity index (χ0) is 17.9. The molecular weight excluding hydrogens is 337 g/mol. The van der Waals surface area contributed by atoms with Crippen molar-refractivity contribution in [1.29, 1.82) is 0 Å². The molecule has 0 fully saturated rings. The van der Waals surface area contributed by atoms with Crippen LogP contribution in [0.3, 0.4) is 0 Å². The van der Waals surface area contributed by atoms with Gasteiger partial charge in [0.15, 0.2) is 0 Å². The number of nitrogens with two attached hydrogens (primary N) is 2. The molecule has 24 heavy (non-hydrogen) atoms. The fourth-order valence-corrected chi connectivity index (χ4v) is 3.97. The molecule has 0 amide bonds. The summed E-state index contributed by atoms with van der Waals surface area (Å²) in [5, 5.41) is 0. The van der Waals surface area contributed by atoms with Crippen LogP contribution in [0.4, 0.5) is 0 Å². The standard InChI is InChI=1S/C20H28N3.Mn/c1-13-7-5-8-14(2)19(13)17(21)11-23-12-18(22)20-15(3)9-6-10-16(20)4;/h5-10,17-18H,11-12,21-22H2,1-4H3;/q-1;+1. The summed E-state index contributed by atoms with van der Waals surface area (Å²) < 4.78 is 2.06. The first-order valence-electron chi connectivity index (χ1n) is 8.35. The van der Waals surface area contributed by atoms with E-state index in [4.69, 9.17) is 11.5 Å². The summed E-state index contributed by atoms with van der Waals surface area (Å²) in [6, 6.07) is 12.5. The second-order valence-electron chi connectivity index (χ2n) is 6.65. The molecular formula is C20H28MnN3. The number of hydrogen-bond acceptors (Lipinski definition) is 3. The predicted octanol–water partition coefficient (Wildman–Crippen LogP) is 3.38. The van der Waals surface area contributed by atoms with Crippen molar-refractivity contribution in [2.75, 3.05) is 13.1 Å². The Labute approximate surface area is 154 Å². The third-order valence-corrected chi connectivity index (χ3v) is 5.05. The molecule has 2 aromatic carbocycles. The fraction of sp³-hybridized carbons (Fsp3) is 0.400. The van der Waals surface area contributed by atoms with Gasteiger partial charge in [-0.3, -0.25) is 0 Å². The van der Waals surface area contributed by atoms with Crippen LogP contribution in [0.15, 0.2) is 36.4 Å². The van der Waals surface area contributed by atoms with Gasteiger partial charge in [0.25, 0.3) is 0 Å². The zero-order valence-corrected chi connectivity index (χ0v) is 16.2. The summed E-state index contributed by atoms with van der Waals surface area (Å²) in [7, 11) is 0. The van der Waals surface area contributed by atoms with E-state index in [-0.39, 0.29) is 12.1 Å². The molecule has 2 aromatic rings. The minimum absolute atomic E-state index is 0.0456. The maximum absolute atomic E-state index is 6.46. The average molecular weight is 365 g/mol. The van der Waals surface area contributed by atoms with E-state index in [1.54, 1.807) is 0 Å². The van der Waals surface area contributed by atoms with Gasteiger partial charge in [0, 0.05) is 0 Å². The van der Waals surface area contributed by atoms with Crippen LogP contribution in [-0.4, -0.2) is 17.0 Å². The molecule has 2 rings (SSSR count). The fourth-order valence-electron chi connectivity index (χ4n) is 3.51. The van der Waals surface area contributed by atoms with E-state index in [9.17, 15) is 0 Å². The molecule has 0 bridgehead atoms. The van der Waals surface area contributed by atoms with Crippen LogP contribution in [0.5, 0.6) is 0 Å². The molecule has 4 heteroatoms. The van der Waals surface area contributed by atoms with Gasteiger partial charge in [-0.25, -0.2) is 0 Å². The first-order chi connectivity index (χ1) is 11.3. The van der Waals surface area contributed by atoms with Crippen LogP contribution in [0, 0.1) is 27.7 Å². The Kier molecular flexibility index (Phi) is 6.62. The normalized spacial score (nSPS) is 14.0. The summed E-state index contributed by atoms with van der Waals surface area (Å²) in [5.74, 6) is 0. The van der Waals surface area contributed by atoms with Crippen molar-refractivity contribution in [1.82, 2.24) is 3.92 Å². The van der Waals surface area contributed by atoms with Crippen LogP contribution < -0.4 is 11.5 Å². The Morgan fingerprint density at radius 3 is 1.33 bits per heavy atom. The molecule has 0 heterocycles. The number of aryl methyl sites for hydroxylation is 4. The first kappa shape index (κ1) is 19.2. The SMILES string of the molecule is Cc1cccc(C)c1C(N)C[N]([Mn])CC(N)c1c(C)cccc1C. The van der Waals surface area contributed by atoms with Crippen LogP contribution in [0.1, 0.15) is 45.5 Å². The number of benzene rings is 2. The van der Waals surface area contributed by atoms with Gasteiger partial charge < -0.3 is 0 Å².